The van der Waals surface area contributed by atoms with Crippen LogP contribution in [0.15, 0.2) is 47.7 Å². The van der Waals surface area contributed by atoms with Gasteiger partial charge in [-0.1, -0.05) is 23.3 Å². The zero-order chi connectivity index (χ0) is 21.1. The molecule has 8 heteroatoms. The molecule has 30 heavy (non-hydrogen) atoms. The molecule has 0 radical (unpaired) electrons. The minimum Gasteiger partial charge on any atom is -0.674 e. The van der Waals surface area contributed by atoms with Gasteiger partial charge in [0.2, 0.25) is 0 Å². The van der Waals surface area contributed by atoms with E-state index >= 15 is 0 Å². The first kappa shape index (κ1) is 23.8. The number of anilines is 1. The number of nitrogens with zero attached hydrogens (tertiary/aromatic N) is 3. The van der Waals surface area contributed by atoms with E-state index in [4.69, 9.17) is 11.5 Å². The number of halogens is 1. The van der Waals surface area contributed by atoms with Crippen LogP contribution in [0.25, 0.3) is 27.9 Å². The van der Waals surface area contributed by atoms with Gasteiger partial charge in [-0.05, 0) is 38.8 Å². The minimum absolute atomic E-state index is 0. The van der Waals surface area contributed by atoms with Crippen LogP contribution in [0.5, 0.6) is 5.75 Å². The number of phenols is 1. The molecule has 4 rings (SSSR count). The van der Waals surface area contributed by atoms with E-state index in [2.05, 4.69) is 29.0 Å². The smallest absolute Gasteiger partial charge is 0.146 e. The van der Waals surface area contributed by atoms with Gasteiger partial charge in [0.05, 0.1) is 5.39 Å². The molecule has 0 saturated heterocycles. The van der Waals surface area contributed by atoms with E-state index in [0.29, 0.717) is 40.3 Å². The maximum Gasteiger partial charge on any atom is 0.146 e. The number of nitrogen functional groups attached to an aromatic ring is 1. The summed E-state index contributed by atoms with van der Waals surface area (Å²) in [5.74, 6) is 0.244. The van der Waals surface area contributed by atoms with Gasteiger partial charge < -0.3 is 21.1 Å². The van der Waals surface area contributed by atoms with E-state index in [1.165, 1.54) is 23.3 Å². The quantitative estimate of drug-likeness (QED) is 0.444. The van der Waals surface area contributed by atoms with Crippen LogP contribution in [0.4, 0.5) is 10.2 Å². The molecular formula is C22H25FN5OW-. The number of rotatable bonds is 2. The maximum atomic E-state index is 14.0. The normalized spacial score (nSPS) is 13.1. The molecule has 0 unspecified atom stereocenters. The van der Waals surface area contributed by atoms with Crippen LogP contribution in [-0.4, -0.2) is 26.2 Å². The summed E-state index contributed by atoms with van der Waals surface area (Å²) in [6.07, 6.45) is 8.30. The summed E-state index contributed by atoms with van der Waals surface area (Å²) in [4.78, 5) is 8.46. The van der Waals surface area contributed by atoms with Crippen LogP contribution in [0, 0.1) is 12.7 Å². The Morgan fingerprint density at radius 2 is 1.97 bits per heavy atom. The van der Waals surface area contributed by atoms with Gasteiger partial charge in [-0.25, -0.2) is 14.4 Å². The average molecular weight is 578 g/mol. The van der Waals surface area contributed by atoms with Crippen molar-refractivity contribution in [2.24, 2.45) is 7.05 Å². The van der Waals surface area contributed by atoms with E-state index in [-0.39, 0.29) is 26.8 Å². The number of hydrogen-bond donors (Lipinski definition) is 2. The summed E-state index contributed by atoms with van der Waals surface area (Å²) in [6, 6.07) is 4.01. The predicted octanol–water partition coefficient (Wildman–Crippen LogP) is 5.07. The molecule has 0 saturated carbocycles. The molecule has 1 aromatic carbocycles. The van der Waals surface area contributed by atoms with Gasteiger partial charge >= 0.3 is 0 Å². The first-order chi connectivity index (χ1) is 13.8. The number of phenolic OH excluding ortho intramolecular Hbond substituents is 1. The maximum absolute atomic E-state index is 14.0. The molecule has 0 bridgehead atoms. The van der Waals surface area contributed by atoms with Crippen molar-refractivity contribution in [2.45, 2.75) is 26.7 Å². The molecule has 0 spiro atoms. The van der Waals surface area contributed by atoms with Crippen molar-refractivity contribution in [1.82, 2.24) is 14.5 Å². The van der Waals surface area contributed by atoms with Gasteiger partial charge in [0.25, 0.3) is 0 Å². The third kappa shape index (κ3) is 4.97. The Bertz CT molecular complexity index is 1120. The molecule has 0 aliphatic heterocycles. The molecular weight excluding hydrogens is 553 g/mol. The van der Waals surface area contributed by atoms with Crippen molar-refractivity contribution >= 4 is 16.9 Å². The molecule has 0 amide bonds. The molecule has 158 valence electrons. The van der Waals surface area contributed by atoms with Gasteiger partial charge in [-0.2, -0.15) is 0 Å². The zero-order valence-corrected chi connectivity index (χ0v) is 20.2. The zero-order valence-electron chi connectivity index (χ0n) is 17.2. The Hall–Kier alpha value is -2.50. The molecule has 0 fully saturated rings. The second-order valence-corrected chi connectivity index (χ2v) is 7.10. The van der Waals surface area contributed by atoms with Crippen LogP contribution < -0.4 is 5.73 Å². The van der Waals surface area contributed by atoms with Gasteiger partial charge in [0.15, 0.2) is 0 Å². The standard InChI is InChI=1S/C14H13FN4O.C8H12N.W/c1-7-17-13(16)12-10(6-19(2)14(12)18-7)9-4-3-8(20)5-11(9)15;1-7-4-2-3-5-8(7)6-9;/h3-6,20H,1-2H3,(H2,16,17,18);3,5,9H,2,4,6H2,1H3;/q;-1;. The SMILES string of the molecule is CC1=C(C[NH-])C=CCC1.Cc1nc(N)c2c(-c3ccc(O)cc3F)cn(C)c2n1.[W]. The number of allylic oxidation sites excluding steroid dienone is 2. The first-order valence-electron chi connectivity index (χ1n) is 9.39. The first-order valence-corrected chi connectivity index (χ1v) is 9.39. The van der Waals surface area contributed by atoms with Gasteiger partial charge in [0.1, 0.15) is 28.9 Å². The fraction of sp³-hybridized carbons (Fsp3) is 0.273. The molecule has 1 aliphatic carbocycles. The topological polar surface area (TPSA) is 101 Å². The number of nitrogens with one attached hydrogen (secondary N) is 1. The van der Waals surface area contributed by atoms with Gasteiger partial charge in [-0.3, -0.25) is 0 Å². The summed E-state index contributed by atoms with van der Waals surface area (Å²) >= 11 is 0. The van der Waals surface area contributed by atoms with E-state index in [1.807, 2.05) is 7.05 Å². The number of aryl methyl sites for hydroxylation is 2. The average Bonchev–Trinajstić information content (AvgIpc) is 2.99. The van der Waals surface area contributed by atoms with Crippen LogP contribution in [-0.2, 0) is 28.1 Å². The molecule has 2 heterocycles. The Morgan fingerprint density at radius 1 is 1.23 bits per heavy atom. The van der Waals surface area contributed by atoms with Gasteiger partial charge in [-0.15, -0.1) is 6.54 Å². The largest absolute Gasteiger partial charge is 0.674 e. The van der Waals surface area contributed by atoms with Crippen LogP contribution in [0.1, 0.15) is 25.6 Å². The summed E-state index contributed by atoms with van der Waals surface area (Å²) in [5, 5.41) is 9.91. The van der Waals surface area contributed by atoms with E-state index < -0.39 is 5.82 Å². The monoisotopic (exact) mass is 578 g/mol. The predicted molar refractivity (Wildman–Crippen MR) is 115 cm³/mol. The number of aromatic nitrogens is 3. The Labute approximate surface area is 189 Å². The van der Waals surface area contributed by atoms with E-state index in [9.17, 15) is 9.50 Å². The second kappa shape index (κ2) is 10.0. The van der Waals surface area contributed by atoms with E-state index in [1.54, 1.807) is 17.7 Å². The van der Waals surface area contributed by atoms with Crippen LogP contribution in [0.3, 0.4) is 0 Å². The van der Waals surface area contributed by atoms with Crippen molar-refractivity contribution < 1.29 is 30.6 Å². The molecule has 6 nitrogen and oxygen atoms in total. The molecule has 0 atom stereocenters. The van der Waals surface area contributed by atoms with Crippen molar-refractivity contribution in [3.05, 3.63) is 65.1 Å². The Kier molecular flexibility index (Phi) is 7.93. The Morgan fingerprint density at radius 3 is 2.57 bits per heavy atom. The van der Waals surface area contributed by atoms with Crippen LogP contribution >= 0.6 is 0 Å². The number of nitrogens with two attached hydrogens (primary N) is 1. The van der Waals surface area contributed by atoms with Crippen LogP contribution in [0.2, 0.25) is 0 Å². The molecule has 3 aromatic rings. The molecule has 1 aliphatic rings. The van der Waals surface area contributed by atoms with Crippen molar-refractivity contribution in [3.8, 4) is 16.9 Å². The molecule has 4 N–H and O–H groups in total. The van der Waals surface area contributed by atoms with Crippen molar-refractivity contribution in [3.63, 3.8) is 0 Å². The van der Waals surface area contributed by atoms with Crippen molar-refractivity contribution in [1.29, 1.82) is 0 Å². The Balaban J connectivity index is 0.000000272. The number of aromatic hydroxyl groups is 1. The van der Waals surface area contributed by atoms with E-state index in [0.717, 1.165) is 18.9 Å². The van der Waals surface area contributed by atoms with Gasteiger partial charge in [0, 0.05) is 51.5 Å². The summed E-state index contributed by atoms with van der Waals surface area (Å²) in [6.45, 7) is 4.32. The summed E-state index contributed by atoms with van der Waals surface area (Å²) < 4.78 is 15.8. The number of hydrogen-bond acceptors (Lipinski definition) is 4. The fourth-order valence-electron chi connectivity index (χ4n) is 3.38. The fourth-order valence-corrected chi connectivity index (χ4v) is 3.38. The summed E-state index contributed by atoms with van der Waals surface area (Å²) in [7, 11) is 1.82. The third-order valence-corrected chi connectivity index (χ3v) is 4.94. The van der Waals surface area contributed by atoms with Crippen molar-refractivity contribution in [2.75, 3.05) is 12.3 Å². The second-order valence-electron chi connectivity index (χ2n) is 7.10. The molecule has 2 aromatic heterocycles. The summed E-state index contributed by atoms with van der Waals surface area (Å²) in [5.41, 5.74) is 17.3. The number of fused-ring (bicyclic) bond motifs is 1. The third-order valence-electron chi connectivity index (χ3n) is 4.94. The number of benzene rings is 1. The minimum atomic E-state index is -0.516.